The van der Waals surface area contributed by atoms with Crippen molar-refractivity contribution >= 4 is 87.2 Å². The highest BCUT2D eigenvalue weighted by molar-refractivity contribution is 6.28. The van der Waals surface area contributed by atoms with E-state index in [1.807, 2.05) is 0 Å². The molecule has 5 heteroatoms. The van der Waals surface area contributed by atoms with Crippen LogP contribution in [0.25, 0.3) is 121 Å². The first-order chi connectivity index (χ1) is 32.8. The Morgan fingerprint density at radius 2 is 0.652 bits per heavy atom. The maximum atomic E-state index is 11.8. The van der Waals surface area contributed by atoms with Gasteiger partial charge in [-0.2, -0.15) is 5.26 Å². The molecule has 0 unspecified atom stereocenters. The zero-order valence-electron chi connectivity index (χ0n) is 35.6. The van der Waals surface area contributed by atoms with Crippen LogP contribution in [0.2, 0.25) is 0 Å². The molecule has 66 heavy (non-hydrogen) atoms. The number of nitrogens with zero attached hydrogens (tertiary/aromatic N) is 5. The van der Waals surface area contributed by atoms with Crippen LogP contribution < -0.4 is 0 Å². The van der Waals surface area contributed by atoms with Gasteiger partial charge in [-0.25, -0.2) is 0 Å². The van der Waals surface area contributed by atoms with Crippen LogP contribution in [-0.2, 0) is 0 Å². The van der Waals surface area contributed by atoms with E-state index in [1.165, 1.54) is 21.5 Å². The fourth-order valence-electron chi connectivity index (χ4n) is 11.1. The highest BCUT2D eigenvalue weighted by Crippen LogP contribution is 2.46. The zero-order valence-corrected chi connectivity index (χ0v) is 35.6. The molecule has 0 spiro atoms. The van der Waals surface area contributed by atoms with Crippen molar-refractivity contribution in [1.29, 1.82) is 5.26 Å². The number of rotatable bonds is 5. The number of aromatic nitrogens is 4. The van der Waals surface area contributed by atoms with Crippen molar-refractivity contribution in [1.82, 2.24) is 18.3 Å². The lowest BCUT2D eigenvalue weighted by Crippen LogP contribution is -2.05. The molecule has 0 saturated carbocycles. The molecule has 0 aliphatic carbocycles. The van der Waals surface area contributed by atoms with Gasteiger partial charge in [-0.15, -0.1) is 0 Å². The summed E-state index contributed by atoms with van der Waals surface area (Å²) >= 11 is 0. The number of benzene rings is 10. The fraction of sp³-hybridized carbons (Fsp3) is 0. The van der Waals surface area contributed by atoms with E-state index in [2.05, 4.69) is 249 Å². The summed E-state index contributed by atoms with van der Waals surface area (Å²) in [6.45, 7) is 0. The summed E-state index contributed by atoms with van der Waals surface area (Å²) in [5.74, 6) is 0. The molecule has 0 N–H and O–H groups in total. The molecule has 0 fully saturated rings. The van der Waals surface area contributed by atoms with Crippen LogP contribution in [0.15, 0.2) is 224 Å². The van der Waals surface area contributed by atoms with Crippen molar-refractivity contribution in [2.24, 2.45) is 0 Å². The zero-order chi connectivity index (χ0) is 43.5. The Morgan fingerprint density at radius 1 is 0.288 bits per heavy atom. The van der Waals surface area contributed by atoms with Crippen LogP contribution in [0.5, 0.6) is 0 Å². The van der Waals surface area contributed by atoms with Crippen LogP contribution >= 0.6 is 0 Å². The standard InChI is InChI=1S/C61H37N5/c62-38-49-56(65-52-30-16-12-26-47(52)58-54(65)34-32-45-43-24-10-14-28-50(43)63(60(45)58)41-20-6-2-7-21-41)36-40(39-18-4-1-5-19-39)37-57(49)66-53-31-17-13-27-48(53)59-55(66)35-33-46-44-25-11-15-29-51(44)64(61(46)59)42-22-8-3-9-23-42/h1-37H. The van der Waals surface area contributed by atoms with E-state index in [1.54, 1.807) is 0 Å². The lowest BCUT2D eigenvalue weighted by molar-refractivity contribution is 1.12. The second kappa shape index (κ2) is 13.9. The largest absolute Gasteiger partial charge is 0.309 e. The van der Waals surface area contributed by atoms with Gasteiger partial charge in [0.05, 0.1) is 55.5 Å². The lowest BCUT2D eigenvalue weighted by atomic mass is 10.00. The van der Waals surface area contributed by atoms with Crippen molar-refractivity contribution in [3.05, 3.63) is 230 Å². The SMILES string of the molecule is N#Cc1c(-n2c3ccccc3c3c2ccc2c4ccccc4n(-c4ccccc4)c23)cc(-c2ccccc2)cc1-n1c2ccccc2c2c1ccc1c3ccccc3n(-c3ccccc3)c12. The smallest absolute Gasteiger partial charge is 0.104 e. The van der Waals surface area contributed by atoms with Crippen LogP contribution in [0.3, 0.4) is 0 Å². The molecule has 0 atom stereocenters. The van der Waals surface area contributed by atoms with E-state index < -0.39 is 0 Å². The van der Waals surface area contributed by atoms with E-state index in [0.29, 0.717) is 5.56 Å². The molecule has 10 aromatic carbocycles. The summed E-state index contributed by atoms with van der Waals surface area (Å²) < 4.78 is 9.50. The summed E-state index contributed by atoms with van der Waals surface area (Å²) in [5.41, 5.74) is 15.3. The molecule has 14 aromatic rings. The first-order valence-electron chi connectivity index (χ1n) is 22.4. The molecular weight excluding hydrogens is 803 g/mol. The fourth-order valence-corrected chi connectivity index (χ4v) is 11.1. The Labute approximate surface area is 379 Å². The van der Waals surface area contributed by atoms with Gasteiger partial charge in [-0.3, -0.25) is 0 Å². The van der Waals surface area contributed by atoms with Crippen molar-refractivity contribution in [2.45, 2.75) is 0 Å². The third kappa shape index (κ3) is 4.98. The van der Waals surface area contributed by atoms with E-state index >= 15 is 0 Å². The minimum absolute atomic E-state index is 0.590. The monoisotopic (exact) mass is 839 g/mol. The van der Waals surface area contributed by atoms with Crippen molar-refractivity contribution < 1.29 is 0 Å². The number of fused-ring (bicyclic) bond motifs is 14. The van der Waals surface area contributed by atoms with Crippen LogP contribution in [0.1, 0.15) is 5.56 Å². The third-order valence-electron chi connectivity index (χ3n) is 13.8. The molecule has 5 nitrogen and oxygen atoms in total. The van der Waals surface area contributed by atoms with Gasteiger partial charge in [-0.05, 0) is 83.9 Å². The first-order valence-corrected chi connectivity index (χ1v) is 22.4. The van der Waals surface area contributed by atoms with Crippen LogP contribution in [-0.4, -0.2) is 18.3 Å². The Balaban J connectivity index is 1.14. The highest BCUT2D eigenvalue weighted by Gasteiger charge is 2.26. The number of nitriles is 1. The van der Waals surface area contributed by atoms with Crippen LogP contribution in [0, 0.1) is 11.3 Å². The molecule has 0 aliphatic rings. The van der Waals surface area contributed by atoms with Gasteiger partial charge in [-0.1, -0.05) is 152 Å². The van der Waals surface area contributed by atoms with Gasteiger partial charge in [0.1, 0.15) is 11.6 Å². The number of para-hydroxylation sites is 6. The summed E-state index contributed by atoms with van der Waals surface area (Å²) in [6.07, 6.45) is 0. The molecule has 14 rings (SSSR count). The molecular formula is C61H37N5. The van der Waals surface area contributed by atoms with Crippen molar-refractivity contribution in [3.63, 3.8) is 0 Å². The Morgan fingerprint density at radius 3 is 1.08 bits per heavy atom. The molecule has 0 bridgehead atoms. The molecule has 4 aromatic heterocycles. The first kappa shape index (κ1) is 36.4. The average Bonchev–Trinajstić information content (AvgIpc) is 4.11. The van der Waals surface area contributed by atoms with Gasteiger partial charge in [0, 0.05) is 54.5 Å². The second-order valence-electron chi connectivity index (χ2n) is 17.2. The topological polar surface area (TPSA) is 43.5 Å². The minimum Gasteiger partial charge on any atom is -0.309 e. The second-order valence-corrected chi connectivity index (χ2v) is 17.2. The predicted octanol–water partition coefficient (Wildman–Crippen LogP) is 15.6. The van der Waals surface area contributed by atoms with Crippen molar-refractivity contribution in [2.75, 3.05) is 0 Å². The van der Waals surface area contributed by atoms with Gasteiger partial charge < -0.3 is 18.3 Å². The normalized spacial score (nSPS) is 11.9. The Hall–Kier alpha value is -9.11. The van der Waals surface area contributed by atoms with Crippen molar-refractivity contribution in [3.8, 4) is 39.9 Å². The highest BCUT2D eigenvalue weighted by atomic mass is 15.0. The molecule has 0 saturated heterocycles. The van der Waals surface area contributed by atoms with Gasteiger partial charge >= 0.3 is 0 Å². The van der Waals surface area contributed by atoms with E-state index in [-0.39, 0.29) is 0 Å². The predicted molar refractivity (Wildman–Crippen MR) is 274 cm³/mol. The van der Waals surface area contributed by atoms with Gasteiger partial charge in [0.25, 0.3) is 0 Å². The quantitative estimate of drug-likeness (QED) is 0.170. The van der Waals surface area contributed by atoms with Crippen LogP contribution in [0.4, 0.5) is 0 Å². The Kier molecular flexibility index (Phi) is 7.69. The summed E-state index contributed by atoms with van der Waals surface area (Å²) in [6, 6.07) is 82.9. The average molecular weight is 840 g/mol. The third-order valence-corrected chi connectivity index (χ3v) is 13.8. The van der Waals surface area contributed by atoms with Gasteiger partial charge in [0.2, 0.25) is 0 Å². The number of hydrogen-bond acceptors (Lipinski definition) is 1. The summed E-state index contributed by atoms with van der Waals surface area (Å²) in [7, 11) is 0. The summed E-state index contributed by atoms with van der Waals surface area (Å²) in [4.78, 5) is 0. The van der Waals surface area contributed by atoms with Gasteiger partial charge in [0.15, 0.2) is 0 Å². The molecule has 0 amide bonds. The number of hydrogen-bond donors (Lipinski definition) is 0. The molecule has 0 radical (unpaired) electrons. The van der Waals surface area contributed by atoms with E-state index in [4.69, 9.17) is 0 Å². The molecule has 0 aliphatic heterocycles. The maximum Gasteiger partial charge on any atom is 0.104 e. The lowest BCUT2D eigenvalue weighted by Gasteiger charge is -2.18. The molecule has 306 valence electrons. The van der Waals surface area contributed by atoms with E-state index in [0.717, 1.165) is 99.6 Å². The minimum atomic E-state index is 0.590. The van der Waals surface area contributed by atoms with E-state index in [9.17, 15) is 5.26 Å². The molecule has 4 heterocycles. The Bertz CT molecular complexity index is 4080. The maximum absolute atomic E-state index is 11.8. The summed E-state index contributed by atoms with van der Waals surface area (Å²) in [5, 5.41) is 21.1.